The van der Waals surface area contributed by atoms with Crippen LogP contribution in [0.15, 0.2) is 42.5 Å². The van der Waals surface area contributed by atoms with Gasteiger partial charge in [0.2, 0.25) is 11.8 Å². The van der Waals surface area contributed by atoms with Crippen LogP contribution in [0.2, 0.25) is 0 Å². The van der Waals surface area contributed by atoms with Crippen LogP contribution in [0.25, 0.3) is 0 Å². The number of rotatable bonds is 14. The van der Waals surface area contributed by atoms with Crippen LogP contribution < -0.4 is 10.6 Å². The molecule has 1 fully saturated rings. The van der Waals surface area contributed by atoms with Crippen molar-refractivity contribution in [3.63, 3.8) is 0 Å². The number of amides is 3. The van der Waals surface area contributed by atoms with E-state index >= 15 is 0 Å². The van der Waals surface area contributed by atoms with Gasteiger partial charge in [-0.2, -0.15) is 0 Å². The molecule has 1 saturated carbocycles. The SMILES string of the molecule is CCCCCCCN(C(=O)C(Cc1ccc(O)cc1)NC(=O)OC(C)(C)C)C(C(=O)NC1CCCCC1)c1cccc(C)c1O. The summed E-state index contributed by atoms with van der Waals surface area (Å²) in [5.74, 6) is -0.732. The smallest absolute Gasteiger partial charge is 0.408 e. The molecule has 4 N–H and O–H groups in total. The number of phenols is 2. The van der Waals surface area contributed by atoms with Crippen molar-refractivity contribution in [3.05, 3.63) is 59.2 Å². The number of nitrogens with one attached hydrogen (secondary N) is 2. The highest BCUT2D eigenvalue weighted by Crippen LogP contribution is 2.33. The van der Waals surface area contributed by atoms with Gasteiger partial charge in [-0.3, -0.25) is 9.59 Å². The van der Waals surface area contributed by atoms with Crippen molar-refractivity contribution in [1.29, 1.82) is 0 Å². The molecule has 248 valence electrons. The Morgan fingerprint density at radius 1 is 0.956 bits per heavy atom. The summed E-state index contributed by atoms with van der Waals surface area (Å²) >= 11 is 0. The third kappa shape index (κ3) is 11.3. The first-order valence-corrected chi connectivity index (χ1v) is 16.6. The van der Waals surface area contributed by atoms with Gasteiger partial charge in [-0.15, -0.1) is 0 Å². The van der Waals surface area contributed by atoms with Gasteiger partial charge in [-0.25, -0.2) is 4.79 Å². The van der Waals surface area contributed by atoms with Crippen molar-refractivity contribution in [2.75, 3.05) is 6.54 Å². The molecule has 2 aromatic carbocycles. The van der Waals surface area contributed by atoms with Crippen molar-refractivity contribution < 1.29 is 29.3 Å². The Kier molecular flexibility index (Phi) is 13.6. The fourth-order valence-electron chi connectivity index (χ4n) is 5.85. The molecule has 0 radical (unpaired) electrons. The van der Waals surface area contributed by atoms with E-state index in [0.717, 1.165) is 57.8 Å². The second-order valence-corrected chi connectivity index (χ2v) is 13.3. The molecule has 0 spiro atoms. The Labute approximate surface area is 268 Å². The average molecular weight is 624 g/mol. The molecule has 3 rings (SSSR count). The summed E-state index contributed by atoms with van der Waals surface area (Å²) in [6, 6.07) is 9.51. The predicted molar refractivity (Wildman–Crippen MR) is 176 cm³/mol. The van der Waals surface area contributed by atoms with E-state index in [4.69, 9.17) is 4.74 Å². The van der Waals surface area contributed by atoms with Crippen LogP contribution in [-0.2, 0) is 20.7 Å². The van der Waals surface area contributed by atoms with Crippen LogP contribution in [-0.4, -0.2) is 57.3 Å². The van der Waals surface area contributed by atoms with Gasteiger partial charge in [0.15, 0.2) is 0 Å². The van der Waals surface area contributed by atoms with E-state index < -0.39 is 29.7 Å². The number of carbonyl (C=O) groups is 3. The van der Waals surface area contributed by atoms with Gasteiger partial charge in [0.25, 0.3) is 0 Å². The maximum Gasteiger partial charge on any atom is 0.408 e. The maximum absolute atomic E-state index is 14.7. The number of hydrogen-bond acceptors (Lipinski definition) is 6. The number of hydrogen-bond donors (Lipinski definition) is 4. The second kappa shape index (κ2) is 17.1. The third-order valence-electron chi connectivity index (χ3n) is 8.23. The summed E-state index contributed by atoms with van der Waals surface area (Å²) < 4.78 is 5.53. The summed E-state index contributed by atoms with van der Waals surface area (Å²) in [4.78, 5) is 43.5. The number of aromatic hydroxyl groups is 2. The number of para-hydroxylation sites is 1. The summed E-state index contributed by atoms with van der Waals surface area (Å²) in [5.41, 5.74) is 0.883. The quantitative estimate of drug-likeness (QED) is 0.171. The Bertz CT molecular complexity index is 1250. The van der Waals surface area contributed by atoms with Crippen LogP contribution >= 0.6 is 0 Å². The van der Waals surface area contributed by atoms with Gasteiger partial charge in [0, 0.05) is 24.6 Å². The summed E-state index contributed by atoms with van der Waals surface area (Å²) in [6.07, 6.45) is 8.96. The van der Waals surface area contributed by atoms with E-state index in [2.05, 4.69) is 17.6 Å². The molecule has 2 unspecified atom stereocenters. The molecule has 0 bridgehead atoms. The molecule has 2 atom stereocenters. The highest BCUT2D eigenvalue weighted by molar-refractivity contribution is 5.93. The van der Waals surface area contributed by atoms with Gasteiger partial charge < -0.3 is 30.5 Å². The molecule has 0 heterocycles. The number of unbranched alkanes of at least 4 members (excludes halogenated alkanes) is 4. The summed E-state index contributed by atoms with van der Waals surface area (Å²) in [5, 5.41) is 27.0. The fourth-order valence-corrected chi connectivity index (χ4v) is 5.85. The molecule has 9 heteroatoms. The first kappa shape index (κ1) is 35.7. The Morgan fingerprint density at radius 3 is 2.27 bits per heavy atom. The zero-order chi connectivity index (χ0) is 33.0. The minimum absolute atomic E-state index is 0.00473. The molecule has 0 saturated heterocycles. The van der Waals surface area contributed by atoms with E-state index in [1.54, 1.807) is 58.0 Å². The van der Waals surface area contributed by atoms with E-state index in [1.165, 1.54) is 17.0 Å². The number of alkyl carbamates (subject to hydrolysis) is 1. The van der Waals surface area contributed by atoms with E-state index in [9.17, 15) is 24.6 Å². The topological polar surface area (TPSA) is 128 Å². The Morgan fingerprint density at radius 2 is 1.62 bits per heavy atom. The van der Waals surface area contributed by atoms with Crippen LogP contribution in [0.3, 0.4) is 0 Å². The van der Waals surface area contributed by atoms with Crippen molar-refractivity contribution >= 4 is 17.9 Å². The highest BCUT2D eigenvalue weighted by atomic mass is 16.6. The Balaban J connectivity index is 2.06. The van der Waals surface area contributed by atoms with Crippen molar-refractivity contribution in [2.45, 2.75) is 129 Å². The monoisotopic (exact) mass is 623 g/mol. The van der Waals surface area contributed by atoms with E-state index in [0.29, 0.717) is 23.1 Å². The number of ether oxygens (including phenoxy) is 1. The standard InChI is InChI=1S/C36H53N3O6/c1-6-7-8-9-13-23-39(31(29-18-14-15-25(2)32(29)41)33(42)37-27-16-11-10-12-17-27)34(43)30(38-35(44)45-36(3,4)5)24-26-19-21-28(40)22-20-26/h14-15,18-22,27,30-31,40-41H,6-13,16-17,23-24H2,1-5H3,(H,37,42)(H,38,44). The predicted octanol–water partition coefficient (Wildman–Crippen LogP) is 6.83. The fraction of sp³-hybridized carbons (Fsp3) is 0.583. The van der Waals surface area contributed by atoms with Crippen LogP contribution in [0.1, 0.15) is 115 Å². The molecular weight excluding hydrogens is 570 g/mol. The van der Waals surface area contributed by atoms with Gasteiger partial charge in [0.05, 0.1) is 0 Å². The molecule has 9 nitrogen and oxygen atoms in total. The zero-order valence-electron chi connectivity index (χ0n) is 27.7. The van der Waals surface area contributed by atoms with Crippen LogP contribution in [0.5, 0.6) is 11.5 Å². The maximum atomic E-state index is 14.7. The lowest BCUT2D eigenvalue weighted by atomic mass is 9.93. The lowest BCUT2D eigenvalue weighted by Crippen LogP contribution is -2.54. The van der Waals surface area contributed by atoms with E-state index in [1.807, 2.05) is 0 Å². The molecular formula is C36H53N3O6. The lowest BCUT2D eigenvalue weighted by molar-refractivity contribution is -0.143. The number of phenolic OH excluding ortho intramolecular Hbond substituents is 2. The lowest BCUT2D eigenvalue weighted by Gasteiger charge is -2.36. The first-order chi connectivity index (χ1) is 21.4. The summed E-state index contributed by atoms with van der Waals surface area (Å²) in [7, 11) is 0. The van der Waals surface area contributed by atoms with Gasteiger partial charge in [-0.1, -0.05) is 82.2 Å². The molecule has 1 aliphatic carbocycles. The molecule has 1 aliphatic rings. The minimum Gasteiger partial charge on any atom is -0.508 e. The first-order valence-electron chi connectivity index (χ1n) is 16.6. The van der Waals surface area contributed by atoms with Crippen LogP contribution in [0, 0.1) is 6.92 Å². The highest BCUT2D eigenvalue weighted by Gasteiger charge is 2.38. The van der Waals surface area contributed by atoms with Gasteiger partial charge in [-0.05, 0) is 70.2 Å². The number of benzene rings is 2. The summed E-state index contributed by atoms with van der Waals surface area (Å²) in [6.45, 7) is 9.41. The molecule has 0 aliphatic heterocycles. The molecule has 0 aromatic heterocycles. The minimum atomic E-state index is -1.10. The molecule has 2 aromatic rings. The van der Waals surface area contributed by atoms with Gasteiger partial charge in [0.1, 0.15) is 29.2 Å². The van der Waals surface area contributed by atoms with E-state index in [-0.39, 0.29) is 36.4 Å². The second-order valence-electron chi connectivity index (χ2n) is 13.3. The third-order valence-corrected chi connectivity index (χ3v) is 8.23. The Hall–Kier alpha value is -3.75. The number of nitrogens with zero attached hydrogens (tertiary/aromatic N) is 1. The number of aryl methyl sites for hydroxylation is 1. The molecule has 45 heavy (non-hydrogen) atoms. The zero-order valence-corrected chi connectivity index (χ0v) is 27.7. The molecule has 3 amide bonds. The normalized spacial score (nSPS) is 15.1. The largest absolute Gasteiger partial charge is 0.508 e. The van der Waals surface area contributed by atoms with Crippen LogP contribution in [0.4, 0.5) is 4.79 Å². The van der Waals surface area contributed by atoms with Crippen molar-refractivity contribution in [2.24, 2.45) is 0 Å². The number of carbonyl (C=O) groups excluding carboxylic acids is 3. The van der Waals surface area contributed by atoms with Gasteiger partial charge >= 0.3 is 6.09 Å². The van der Waals surface area contributed by atoms with Crippen molar-refractivity contribution in [1.82, 2.24) is 15.5 Å². The van der Waals surface area contributed by atoms with Crippen molar-refractivity contribution in [3.8, 4) is 11.5 Å². The average Bonchev–Trinajstić information content (AvgIpc) is 2.98.